The second-order valence-corrected chi connectivity index (χ2v) is 4.84. The molecule has 0 amide bonds. The van der Waals surface area contributed by atoms with Crippen molar-refractivity contribution in [3.05, 3.63) is 28.8 Å². The number of hydrogen-bond acceptors (Lipinski definition) is 4. The van der Waals surface area contributed by atoms with Crippen LogP contribution in [0.25, 0.3) is 0 Å². The predicted molar refractivity (Wildman–Crippen MR) is 66.6 cm³/mol. The van der Waals surface area contributed by atoms with E-state index >= 15 is 0 Å². The van der Waals surface area contributed by atoms with Crippen molar-refractivity contribution in [2.45, 2.75) is 18.9 Å². The number of halogens is 1. The van der Waals surface area contributed by atoms with Gasteiger partial charge < -0.3 is 14.6 Å². The fourth-order valence-corrected chi connectivity index (χ4v) is 1.81. The summed E-state index contributed by atoms with van der Waals surface area (Å²) in [5, 5.41) is 10.2. The monoisotopic (exact) mass is 270 g/mol. The molecule has 0 spiro atoms. The average molecular weight is 271 g/mol. The molecule has 0 aliphatic heterocycles. The molecular weight excluding hydrogens is 256 g/mol. The minimum atomic E-state index is -1.34. The lowest BCUT2D eigenvalue weighted by atomic mass is 10.1. The molecule has 4 nitrogen and oxygen atoms in total. The molecule has 1 unspecified atom stereocenters. The van der Waals surface area contributed by atoms with Gasteiger partial charge in [-0.25, -0.2) is 4.79 Å². The molecule has 1 aromatic rings. The van der Waals surface area contributed by atoms with Gasteiger partial charge in [-0.2, -0.15) is 0 Å². The lowest BCUT2D eigenvalue weighted by Crippen LogP contribution is -2.13. The Morgan fingerprint density at radius 1 is 1.50 bits per heavy atom. The van der Waals surface area contributed by atoms with Crippen LogP contribution >= 0.6 is 11.6 Å². The molecule has 1 aromatic carbocycles. The Morgan fingerprint density at radius 2 is 2.22 bits per heavy atom. The summed E-state index contributed by atoms with van der Waals surface area (Å²) in [6, 6.07) is 4.79. The van der Waals surface area contributed by atoms with E-state index < -0.39 is 12.1 Å². The van der Waals surface area contributed by atoms with Crippen molar-refractivity contribution >= 4 is 17.6 Å². The predicted octanol–water partition coefficient (Wildman–Crippen LogP) is 2.34. The van der Waals surface area contributed by atoms with E-state index in [0.717, 1.165) is 0 Å². The van der Waals surface area contributed by atoms with E-state index in [1.807, 2.05) is 0 Å². The molecule has 1 fully saturated rings. The molecule has 1 saturated carbocycles. The van der Waals surface area contributed by atoms with Gasteiger partial charge in [0, 0.05) is 5.02 Å². The first kappa shape index (κ1) is 13.2. The molecule has 1 aliphatic carbocycles. The first-order valence-electron chi connectivity index (χ1n) is 5.79. The van der Waals surface area contributed by atoms with E-state index in [-0.39, 0.29) is 0 Å². The van der Waals surface area contributed by atoms with Gasteiger partial charge in [0.1, 0.15) is 5.75 Å². The van der Waals surface area contributed by atoms with Crippen LogP contribution in [0.1, 0.15) is 24.5 Å². The number of methoxy groups -OCH3 is 1. The molecule has 0 heterocycles. The molecule has 0 saturated heterocycles. The van der Waals surface area contributed by atoms with Crippen LogP contribution in [0.5, 0.6) is 5.75 Å². The summed E-state index contributed by atoms with van der Waals surface area (Å²) in [6.45, 7) is 0.647. The summed E-state index contributed by atoms with van der Waals surface area (Å²) in [7, 11) is 1.22. The largest absolute Gasteiger partial charge is 0.493 e. The molecule has 5 heteroatoms. The minimum absolute atomic E-state index is 0.375. The Balaban J connectivity index is 2.11. The fourth-order valence-electron chi connectivity index (χ4n) is 1.57. The third kappa shape index (κ3) is 3.37. The number of aliphatic hydroxyl groups excluding tert-OH is 1. The first-order valence-corrected chi connectivity index (χ1v) is 6.17. The minimum Gasteiger partial charge on any atom is -0.493 e. The standard InChI is InChI=1S/C13H15ClO4/c1-17-13(16)12(15)9-4-10(14)6-11(5-9)18-7-8-2-3-8/h4-6,8,12,15H,2-3,7H2,1H3. The molecule has 18 heavy (non-hydrogen) atoms. The topological polar surface area (TPSA) is 55.8 Å². The quantitative estimate of drug-likeness (QED) is 0.835. The maximum Gasteiger partial charge on any atom is 0.339 e. The van der Waals surface area contributed by atoms with Gasteiger partial charge in [-0.1, -0.05) is 11.6 Å². The Bertz CT molecular complexity index is 443. The Labute approximate surface area is 110 Å². The van der Waals surface area contributed by atoms with E-state index in [1.165, 1.54) is 26.0 Å². The number of rotatable bonds is 5. The first-order chi connectivity index (χ1) is 8.60. The van der Waals surface area contributed by atoms with E-state index in [0.29, 0.717) is 28.9 Å². The highest BCUT2D eigenvalue weighted by Gasteiger charge is 2.23. The summed E-state index contributed by atoms with van der Waals surface area (Å²) >= 11 is 5.93. The van der Waals surface area contributed by atoms with E-state index in [4.69, 9.17) is 16.3 Å². The number of benzene rings is 1. The number of ether oxygens (including phenoxy) is 2. The van der Waals surface area contributed by atoms with Gasteiger partial charge in [-0.3, -0.25) is 0 Å². The molecular formula is C13H15ClO4. The van der Waals surface area contributed by atoms with Crippen molar-refractivity contribution in [1.29, 1.82) is 0 Å². The molecule has 0 aromatic heterocycles. The van der Waals surface area contributed by atoms with E-state index in [9.17, 15) is 9.90 Å². The van der Waals surface area contributed by atoms with Crippen molar-refractivity contribution < 1.29 is 19.4 Å². The maximum atomic E-state index is 11.3. The zero-order valence-corrected chi connectivity index (χ0v) is 10.8. The van der Waals surface area contributed by atoms with Crippen LogP contribution in [0.2, 0.25) is 5.02 Å². The zero-order chi connectivity index (χ0) is 13.1. The van der Waals surface area contributed by atoms with Crippen LogP contribution in [0.15, 0.2) is 18.2 Å². The van der Waals surface area contributed by atoms with Crippen molar-refractivity contribution in [2.24, 2.45) is 5.92 Å². The molecule has 1 atom stereocenters. The van der Waals surface area contributed by atoms with Gasteiger partial charge >= 0.3 is 5.97 Å². The van der Waals surface area contributed by atoms with Gasteiger partial charge in [-0.05, 0) is 42.5 Å². The van der Waals surface area contributed by atoms with Crippen molar-refractivity contribution in [3.8, 4) is 5.75 Å². The summed E-state index contributed by atoms with van der Waals surface area (Å²) in [5.41, 5.74) is 0.375. The summed E-state index contributed by atoms with van der Waals surface area (Å²) in [6.07, 6.45) is 1.05. The maximum absolute atomic E-state index is 11.3. The van der Waals surface area contributed by atoms with Crippen molar-refractivity contribution in [1.82, 2.24) is 0 Å². The Morgan fingerprint density at radius 3 is 2.83 bits per heavy atom. The molecule has 98 valence electrons. The summed E-state index contributed by atoms with van der Waals surface area (Å²) in [4.78, 5) is 11.3. The van der Waals surface area contributed by atoms with Crippen molar-refractivity contribution in [3.63, 3.8) is 0 Å². The molecule has 0 bridgehead atoms. The Hall–Kier alpha value is -1.26. The fraction of sp³-hybridized carbons (Fsp3) is 0.462. The molecule has 1 N–H and O–H groups in total. The van der Waals surface area contributed by atoms with Gasteiger partial charge in [0.05, 0.1) is 13.7 Å². The van der Waals surface area contributed by atoms with Crippen LogP contribution in [-0.4, -0.2) is 24.8 Å². The lowest BCUT2D eigenvalue weighted by molar-refractivity contribution is -0.150. The third-order valence-corrected chi connectivity index (χ3v) is 3.03. The molecule has 1 aliphatic rings. The van der Waals surface area contributed by atoms with Crippen LogP contribution in [0, 0.1) is 5.92 Å². The van der Waals surface area contributed by atoms with Gasteiger partial charge in [0.15, 0.2) is 6.10 Å². The summed E-state index contributed by atoms with van der Waals surface area (Å²) < 4.78 is 10.0. The van der Waals surface area contributed by atoms with Crippen LogP contribution in [0.3, 0.4) is 0 Å². The SMILES string of the molecule is COC(=O)C(O)c1cc(Cl)cc(OCC2CC2)c1. The number of aliphatic hydroxyl groups is 1. The smallest absolute Gasteiger partial charge is 0.339 e. The Kier molecular flexibility index (Phi) is 4.09. The van der Waals surface area contributed by atoms with E-state index in [2.05, 4.69) is 4.74 Å². The highest BCUT2D eigenvalue weighted by Crippen LogP contribution is 2.31. The van der Waals surface area contributed by atoms with Crippen LogP contribution < -0.4 is 4.74 Å². The number of esters is 1. The van der Waals surface area contributed by atoms with Gasteiger partial charge in [0.2, 0.25) is 0 Å². The number of carbonyl (C=O) groups excluding carboxylic acids is 1. The average Bonchev–Trinajstić information content (AvgIpc) is 3.18. The molecule has 2 rings (SSSR count). The third-order valence-electron chi connectivity index (χ3n) is 2.82. The van der Waals surface area contributed by atoms with Gasteiger partial charge in [-0.15, -0.1) is 0 Å². The van der Waals surface area contributed by atoms with E-state index in [1.54, 1.807) is 12.1 Å². The highest BCUT2D eigenvalue weighted by atomic mass is 35.5. The number of hydrogen-bond donors (Lipinski definition) is 1. The number of carbonyl (C=O) groups is 1. The van der Waals surface area contributed by atoms with Crippen LogP contribution in [-0.2, 0) is 9.53 Å². The second kappa shape index (κ2) is 5.59. The highest BCUT2D eigenvalue weighted by molar-refractivity contribution is 6.30. The zero-order valence-electron chi connectivity index (χ0n) is 10.1. The second-order valence-electron chi connectivity index (χ2n) is 4.40. The lowest BCUT2D eigenvalue weighted by Gasteiger charge is -2.12. The van der Waals surface area contributed by atoms with Crippen molar-refractivity contribution in [2.75, 3.05) is 13.7 Å². The van der Waals surface area contributed by atoms with Gasteiger partial charge in [0.25, 0.3) is 0 Å². The molecule has 0 radical (unpaired) electrons. The normalized spacial score (nSPS) is 16.2. The summed E-state index contributed by atoms with van der Waals surface area (Å²) in [5.74, 6) is 0.468. The van der Waals surface area contributed by atoms with Crippen LogP contribution in [0.4, 0.5) is 0 Å².